The van der Waals surface area contributed by atoms with Crippen molar-refractivity contribution >= 4 is 0 Å². The number of ether oxygens (including phenoxy) is 1. The van der Waals surface area contributed by atoms with Gasteiger partial charge in [-0.3, -0.25) is 0 Å². The van der Waals surface area contributed by atoms with Crippen LogP contribution in [-0.4, -0.2) is 31.0 Å². The standard InChI is InChI=1S/C15H23NO2/c1-12-4-2-3-5-14(12)15(10-13(16)11-17)6-8-18-9-7-15/h2-5,13,17H,6-11,16H2,1H3. The summed E-state index contributed by atoms with van der Waals surface area (Å²) in [5, 5.41) is 9.24. The van der Waals surface area contributed by atoms with E-state index in [9.17, 15) is 5.11 Å². The number of hydrogen-bond donors (Lipinski definition) is 2. The molecule has 1 aliphatic heterocycles. The molecule has 0 radical (unpaired) electrons. The average molecular weight is 249 g/mol. The fourth-order valence-electron chi connectivity index (χ4n) is 3.08. The number of hydrogen-bond acceptors (Lipinski definition) is 3. The minimum Gasteiger partial charge on any atom is -0.395 e. The van der Waals surface area contributed by atoms with Gasteiger partial charge in [0.2, 0.25) is 0 Å². The number of aliphatic hydroxyl groups excluding tert-OH is 1. The smallest absolute Gasteiger partial charge is 0.0582 e. The number of rotatable bonds is 4. The predicted octanol–water partition coefficient (Wildman–Crippen LogP) is 1.75. The van der Waals surface area contributed by atoms with E-state index in [1.807, 2.05) is 0 Å². The predicted molar refractivity (Wildman–Crippen MR) is 72.6 cm³/mol. The van der Waals surface area contributed by atoms with Crippen LogP contribution in [0.2, 0.25) is 0 Å². The highest BCUT2D eigenvalue weighted by Gasteiger charge is 2.36. The van der Waals surface area contributed by atoms with Gasteiger partial charge in [-0.15, -0.1) is 0 Å². The average Bonchev–Trinajstić information content (AvgIpc) is 2.40. The van der Waals surface area contributed by atoms with E-state index in [-0.39, 0.29) is 18.1 Å². The monoisotopic (exact) mass is 249 g/mol. The molecule has 0 aromatic heterocycles. The Balaban J connectivity index is 2.32. The van der Waals surface area contributed by atoms with Crippen LogP contribution in [0.5, 0.6) is 0 Å². The summed E-state index contributed by atoms with van der Waals surface area (Å²) < 4.78 is 5.50. The van der Waals surface area contributed by atoms with Crippen molar-refractivity contribution in [2.75, 3.05) is 19.8 Å². The Labute approximate surface area is 109 Å². The van der Waals surface area contributed by atoms with Crippen LogP contribution in [0.1, 0.15) is 30.4 Å². The first-order valence-electron chi connectivity index (χ1n) is 6.68. The van der Waals surface area contributed by atoms with E-state index in [0.29, 0.717) is 0 Å². The zero-order valence-electron chi connectivity index (χ0n) is 11.1. The first-order valence-corrected chi connectivity index (χ1v) is 6.68. The highest BCUT2D eigenvalue weighted by Crippen LogP contribution is 2.40. The van der Waals surface area contributed by atoms with Crippen molar-refractivity contribution in [1.29, 1.82) is 0 Å². The SMILES string of the molecule is Cc1ccccc1C1(CC(N)CO)CCOCC1. The van der Waals surface area contributed by atoms with Crippen molar-refractivity contribution in [3.8, 4) is 0 Å². The van der Waals surface area contributed by atoms with Gasteiger partial charge in [-0.2, -0.15) is 0 Å². The molecule has 0 saturated carbocycles. The number of aliphatic hydroxyl groups is 1. The van der Waals surface area contributed by atoms with Crippen LogP contribution in [-0.2, 0) is 10.2 Å². The molecule has 0 aliphatic carbocycles. The first-order chi connectivity index (χ1) is 8.68. The molecular weight excluding hydrogens is 226 g/mol. The molecule has 1 aromatic rings. The summed E-state index contributed by atoms with van der Waals surface area (Å²) in [5.74, 6) is 0. The zero-order chi connectivity index (χ0) is 13.0. The molecule has 3 nitrogen and oxygen atoms in total. The van der Waals surface area contributed by atoms with Gasteiger partial charge in [-0.05, 0) is 37.3 Å². The van der Waals surface area contributed by atoms with Gasteiger partial charge in [0.1, 0.15) is 0 Å². The third-order valence-corrected chi connectivity index (χ3v) is 4.05. The first kappa shape index (κ1) is 13.5. The maximum Gasteiger partial charge on any atom is 0.0582 e. The molecule has 100 valence electrons. The van der Waals surface area contributed by atoms with E-state index in [0.717, 1.165) is 32.5 Å². The summed E-state index contributed by atoms with van der Waals surface area (Å²) in [6, 6.07) is 8.35. The Morgan fingerprint density at radius 3 is 2.61 bits per heavy atom. The second-order valence-electron chi connectivity index (χ2n) is 5.35. The molecule has 1 saturated heterocycles. The third-order valence-electron chi connectivity index (χ3n) is 4.05. The Kier molecular flexibility index (Phi) is 4.38. The Morgan fingerprint density at radius 2 is 2.00 bits per heavy atom. The fourth-order valence-corrected chi connectivity index (χ4v) is 3.08. The Bertz CT molecular complexity index is 386. The van der Waals surface area contributed by atoms with E-state index in [4.69, 9.17) is 10.5 Å². The third kappa shape index (κ3) is 2.74. The van der Waals surface area contributed by atoms with E-state index in [2.05, 4.69) is 31.2 Å². The summed E-state index contributed by atoms with van der Waals surface area (Å²) in [6.07, 6.45) is 2.81. The van der Waals surface area contributed by atoms with Crippen LogP contribution in [0, 0.1) is 6.92 Å². The van der Waals surface area contributed by atoms with E-state index in [1.54, 1.807) is 0 Å². The Morgan fingerprint density at radius 1 is 1.33 bits per heavy atom. The summed E-state index contributed by atoms with van der Waals surface area (Å²) in [6.45, 7) is 3.77. The fraction of sp³-hybridized carbons (Fsp3) is 0.600. The van der Waals surface area contributed by atoms with E-state index in [1.165, 1.54) is 11.1 Å². The highest BCUT2D eigenvalue weighted by atomic mass is 16.5. The largest absolute Gasteiger partial charge is 0.395 e. The molecule has 1 aromatic carbocycles. The van der Waals surface area contributed by atoms with Crippen molar-refractivity contribution in [3.63, 3.8) is 0 Å². The number of aryl methyl sites for hydroxylation is 1. The molecular formula is C15H23NO2. The molecule has 3 heteroatoms. The molecule has 18 heavy (non-hydrogen) atoms. The van der Waals surface area contributed by atoms with Crippen molar-refractivity contribution in [3.05, 3.63) is 35.4 Å². The van der Waals surface area contributed by atoms with Gasteiger partial charge in [0.25, 0.3) is 0 Å². The van der Waals surface area contributed by atoms with Gasteiger partial charge in [-0.25, -0.2) is 0 Å². The van der Waals surface area contributed by atoms with Crippen molar-refractivity contribution in [2.24, 2.45) is 5.73 Å². The minimum atomic E-state index is -0.150. The second kappa shape index (κ2) is 5.83. The molecule has 0 bridgehead atoms. The lowest BCUT2D eigenvalue weighted by molar-refractivity contribution is 0.0414. The Hall–Kier alpha value is -0.900. The van der Waals surface area contributed by atoms with Gasteiger partial charge in [0.05, 0.1) is 6.61 Å². The molecule has 0 amide bonds. The van der Waals surface area contributed by atoms with Crippen LogP contribution in [0.4, 0.5) is 0 Å². The minimum absolute atomic E-state index is 0.0501. The summed E-state index contributed by atoms with van der Waals surface area (Å²) in [5.41, 5.74) is 8.74. The lowest BCUT2D eigenvalue weighted by atomic mass is 9.69. The summed E-state index contributed by atoms with van der Waals surface area (Å²) in [7, 11) is 0. The van der Waals surface area contributed by atoms with Crippen LogP contribution < -0.4 is 5.73 Å². The normalized spacial score (nSPS) is 20.6. The summed E-state index contributed by atoms with van der Waals surface area (Å²) >= 11 is 0. The van der Waals surface area contributed by atoms with Crippen molar-refractivity contribution in [2.45, 2.75) is 37.6 Å². The van der Waals surface area contributed by atoms with E-state index >= 15 is 0 Å². The zero-order valence-corrected chi connectivity index (χ0v) is 11.1. The molecule has 0 spiro atoms. The quantitative estimate of drug-likeness (QED) is 0.855. The maximum absolute atomic E-state index is 9.24. The topological polar surface area (TPSA) is 55.5 Å². The highest BCUT2D eigenvalue weighted by molar-refractivity contribution is 5.34. The van der Waals surface area contributed by atoms with Crippen LogP contribution in [0.15, 0.2) is 24.3 Å². The van der Waals surface area contributed by atoms with Crippen LogP contribution in [0.25, 0.3) is 0 Å². The van der Waals surface area contributed by atoms with Gasteiger partial charge in [0.15, 0.2) is 0 Å². The van der Waals surface area contributed by atoms with E-state index < -0.39 is 0 Å². The molecule has 1 fully saturated rings. The maximum atomic E-state index is 9.24. The molecule has 1 aliphatic rings. The second-order valence-corrected chi connectivity index (χ2v) is 5.35. The van der Waals surface area contributed by atoms with Gasteiger partial charge in [0, 0.05) is 24.7 Å². The van der Waals surface area contributed by atoms with Crippen molar-refractivity contribution < 1.29 is 9.84 Å². The summed E-state index contributed by atoms with van der Waals surface area (Å²) in [4.78, 5) is 0. The molecule has 1 atom stereocenters. The lowest BCUT2D eigenvalue weighted by Crippen LogP contribution is -2.41. The molecule has 1 heterocycles. The van der Waals surface area contributed by atoms with Gasteiger partial charge < -0.3 is 15.6 Å². The number of nitrogens with two attached hydrogens (primary N) is 1. The number of benzene rings is 1. The lowest BCUT2D eigenvalue weighted by Gasteiger charge is -2.40. The molecule has 3 N–H and O–H groups in total. The van der Waals surface area contributed by atoms with Crippen LogP contribution >= 0.6 is 0 Å². The molecule has 2 rings (SSSR count). The van der Waals surface area contributed by atoms with Gasteiger partial charge in [-0.1, -0.05) is 24.3 Å². The molecule has 1 unspecified atom stereocenters. The van der Waals surface area contributed by atoms with Crippen molar-refractivity contribution in [1.82, 2.24) is 0 Å². The van der Waals surface area contributed by atoms with Crippen LogP contribution in [0.3, 0.4) is 0 Å². The van der Waals surface area contributed by atoms with Gasteiger partial charge >= 0.3 is 0 Å².